The van der Waals surface area contributed by atoms with Gasteiger partial charge >= 0.3 is 0 Å². The van der Waals surface area contributed by atoms with Crippen LogP contribution in [0, 0.1) is 11.6 Å². The molecule has 0 radical (unpaired) electrons. The Bertz CT molecular complexity index is 426. The zero-order valence-corrected chi connectivity index (χ0v) is 7.19. The lowest BCUT2D eigenvalue weighted by atomic mass is 10.2. The average molecular weight is 195 g/mol. The summed E-state index contributed by atoms with van der Waals surface area (Å²) in [7, 11) is 0. The van der Waals surface area contributed by atoms with Crippen LogP contribution in [0.5, 0.6) is 0 Å². The van der Waals surface area contributed by atoms with Crippen LogP contribution in [0.2, 0.25) is 0 Å². The fourth-order valence-corrected chi connectivity index (χ4v) is 1.15. The summed E-state index contributed by atoms with van der Waals surface area (Å²) in [4.78, 5) is 3.71. The predicted molar refractivity (Wildman–Crippen MR) is 45.5 cm³/mol. The molecule has 0 aliphatic carbocycles. The summed E-state index contributed by atoms with van der Waals surface area (Å²) >= 11 is 0. The monoisotopic (exact) mass is 195 g/mol. The molecule has 0 saturated carbocycles. The van der Waals surface area contributed by atoms with Gasteiger partial charge in [0, 0.05) is 5.56 Å². The SMILES string of the molecule is Fc1ccc(F)c(Cn2cncn2)c1. The molecule has 0 amide bonds. The molecule has 0 aliphatic rings. The van der Waals surface area contributed by atoms with Crippen LogP contribution in [-0.2, 0) is 6.54 Å². The summed E-state index contributed by atoms with van der Waals surface area (Å²) in [5, 5.41) is 3.80. The molecule has 1 aromatic heterocycles. The zero-order valence-electron chi connectivity index (χ0n) is 7.19. The van der Waals surface area contributed by atoms with Crippen molar-refractivity contribution in [3.8, 4) is 0 Å². The van der Waals surface area contributed by atoms with E-state index in [1.54, 1.807) is 0 Å². The molecular formula is C9H7F2N3. The third-order valence-corrected chi connectivity index (χ3v) is 1.81. The third kappa shape index (κ3) is 1.76. The Morgan fingerprint density at radius 2 is 2.14 bits per heavy atom. The average Bonchev–Trinajstić information content (AvgIpc) is 2.64. The van der Waals surface area contributed by atoms with E-state index in [1.807, 2.05) is 0 Å². The first-order valence-electron chi connectivity index (χ1n) is 4.02. The Labute approximate surface area is 79.0 Å². The zero-order chi connectivity index (χ0) is 9.97. The van der Waals surface area contributed by atoms with Crippen molar-refractivity contribution < 1.29 is 8.78 Å². The molecule has 0 aliphatic heterocycles. The molecule has 0 N–H and O–H groups in total. The second-order valence-corrected chi connectivity index (χ2v) is 2.83. The molecule has 2 aromatic rings. The van der Waals surface area contributed by atoms with Crippen LogP contribution in [0.3, 0.4) is 0 Å². The van der Waals surface area contributed by atoms with Crippen LogP contribution in [0.15, 0.2) is 30.9 Å². The van der Waals surface area contributed by atoms with Gasteiger partial charge < -0.3 is 0 Å². The highest BCUT2D eigenvalue weighted by molar-refractivity contribution is 5.18. The van der Waals surface area contributed by atoms with Gasteiger partial charge in [0.05, 0.1) is 6.54 Å². The molecule has 0 saturated heterocycles. The lowest BCUT2D eigenvalue weighted by Crippen LogP contribution is -2.02. The van der Waals surface area contributed by atoms with Gasteiger partial charge in [-0.15, -0.1) is 0 Å². The van der Waals surface area contributed by atoms with Crippen LogP contribution in [-0.4, -0.2) is 14.8 Å². The second kappa shape index (κ2) is 3.53. The van der Waals surface area contributed by atoms with Crippen molar-refractivity contribution in [3.63, 3.8) is 0 Å². The molecule has 14 heavy (non-hydrogen) atoms. The highest BCUT2D eigenvalue weighted by Crippen LogP contribution is 2.10. The first-order valence-corrected chi connectivity index (χ1v) is 4.02. The fourth-order valence-electron chi connectivity index (χ4n) is 1.15. The number of halogens is 2. The minimum Gasteiger partial charge on any atom is -0.248 e. The molecule has 3 nitrogen and oxygen atoms in total. The number of nitrogens with zero attached hydrogens (tertiary/aromatic N) is 3. The van der Waals surface area contributed by atoms with E-state index in [-0.39, 0.29) is 12.1 Å². The quantitative estimate of drug-likeness (QED) is 0.728. The second-order valence-electron chi connectivity index (χ2n) is 2.83. The van der Waals surface area contributed by atoms with Gasteiger partial charge in [0.1, 0.15) is 24.3 Å². The Balaban J connectivity index is 2.28. The Kier molecular flexibility index (Phi) is 2.22. The fraction of sp³-hybridized carbons (Fsp3) is 0.111. The van der Waals surface area contributed by atoms with Crippen molar-refractivity contribution in [3.05, 3.63) is 48.1 Å². The summed E-state index contributed by atoms with van der Waals surface area (Å²) in [5.41, 5.74) is 0.260. The highest BCUT2D eigenvalue weighted by atomic mass is 19.1. The standard InChI is InChI=1S/C9H7F2N3/c10-8-1-2-9(11)7(3-8)4-14-6-12-5-13-14/h1-3,5-6H,4H2. The smallest absolute Gasteiger partial charge is 0.137 e. The Morgan fingerprint density at radius 1 is 1.29 bits per heavy atom. The van der Waals surface area contributed by atoms with Gasteiger partial charge in [0.15, 0.2) is 0 Å². The largest absolute Gasteiger partial charge is 0.248 e. The van der Waals surface area contributed by atoms with Gasteiger partial charge in [-0.25, -0.2) is 18.4 Å². The van der Waals surface area contributed by atoms with E-state index in [0.717, 1.165) is 18.2 Å². The van der Waals surface area contributed by atoms with Gasteiger partial charge in [-0.1, -0.05) is 0 Å². The number of benzene rings is 1. The van der Waals surface area contributed by atoms with Gasteiger partial charge in [-0.2, -0.15) is 5.10 Å². The molecular weight excluding hydrogens is 188 g/mol. The molecule has 72 valence electrons. The van der Waals surface area contributed by atoms with E-state index in [2.05, 4.69) is 10.1 Å². The normalized spacial score (nSPS) is 10.4. The van der Waals surface area contributed by atoms with E-state index in [1.165, 1.54) is 17.3 Å². The van der Waals surface area contributed by atoms with Gasteiger partial charge in [0.25, 0.3) is 0 Å². The third-order valence-electron chi connectivity index (χ3n) is 1.81. The van der Waals surface area contributed by atoms with E-state index in [4.69, 9.17) is 0 Å². The first-order chi connectivity index (χ1) is 6.75. The lowest BCUT2D eigenvalue weighted by molar-refractivity contribution is 0.566. The van der Waals surface area contributed by atoms with Crippen molar-refractivity contribution in [1.29, 1.82) is 0 Å². The van der Waals surface area contributed by atoms with Gasteiger partial charge in [-0.3, -0.25) is 0 Å². The summed E-state index contributed by atoms with van der Waals surface area (Å²) in [6.07, 6.45) is 2.79. The maximum atomic E-state index is 13.1. The molecule has 0 fully saturated rings. The number of rotatable bonds is 2. The van der Waals surface area contributed by atoms with Crippen molar-refractivity contribution in [1.82, 2.24) is 14.8 Å². The van der Waals surface area contributed by atoms with E-state index in [9.17, 15) is 8.78 Å². The maximum Gasteiger partial charge on any atom is 0.137 e. The van der Waals surface area contributed by atoms with E-state index in [0.29, 0.717) is 0 Å². The van der Waals surface area contributed by atoms with Crippen LogP contribution in [0.1, 0.15) is 5.56 Å². The number of hydrogen-bond donors (Lipinski definition) is 0. The predicted octanol–water partition coefficient (Wildman–Crippen LogP) is 1.60. The summed E-state index contributed by atoms with van der Waals surface area (Å²) < 4.78 is 27.3. The van der Waals surface area contributed by atoms with Crippen molar-refractivity contribution in [2.45, 2.75) is 6.54 Å². The Hall–Kier alpha value is -1.78. The lowest BCUT2D eigenvalue weighted by Gasteiger charge is -2.02. The van der Waals surface area contributed by atoms with Crippen LogP contribution in [0.25, 0.3) is 0 Å². The molecule has 2 rings (SSSR count). The number of hydrogen-bond acceptors (Lipinski definition) is 2. The van der Waals surface area contributed by atoms with Crippen LogP contribution >= 0.6 is 0 Å². The highest BCUT2D eigenvalue weighted by Gasteiger charge is 2.04. The molecule has 0 spiro atoms. The van der Waals surface area contributed by atoms with Crippen molar-refractivity contribution in [2.24, 2.45) is 0 Å². The first kappa shape index (κ1) is 8.80. The summed E-state index contributed by atoms with van der Waals surface area (Å²) in [6, 6.07) is 3.33. The maximum absolute atomic E-state index is 13.1. The van der Waals surface area contributed by atoms with E-state index >= 15 is 0 Å². The molecule has 0 atom stereocenters. The Morgan fingerprint density at radius 3 is 2.86 bits per heavy atom. The molecule has 0 unspecified atom stereocenters. The van der Waals surface area contributed by atoms with E-state index < -0.39 is 11.6 Å². The molecule has 5 heteroatoms. The molecule has 0 bridgehead atoms. The summed E-state index contributed by atoms with van der Waals surface area (Å²) in [5.74, 6) is -0.900. The minimum atomic E-state index is -0.457. The van der Waals surface area contributed by atoms with Gasteiger partial charge in [-0.05, 0) is 18.2 Å². The molecule has 1 aromatic carbocycles. The van der Waals surface area contributed by atoms with Crippen molar-refractivity contribution in [2.75, 3.05) is 0 Å². The topological polar surface area (TPSA) is 30.7 Å². The summed E-state index contributed by atoms with van der Waals surface area (Å²) in [6.45, 7) is 0.184. The van der Waals surface area contributed by atoms with Crippen molar-refractivity contribution >= 4 is 0 Å². The molecule has 1 heterocycles. The minimum absolute atomic E-state index is 0.184. The van der Waals surface area contributed by atoms with Crippen LogP contribution in [0.4, 0.5) is 8.78 Å². The van der Waals surface area contributed by atoms with Crippen LogP contribution < -0.4 is 0 Å². The van der Waals surface area contributed by atoms with Gasteiger partial charge in [0.2, 0.25) is 0 Å². The number of aromatic nitrogens is 3.